The average molecular weight is 633 g/mol. The van der Waals surface area contributed by atoms with Gasteiger partial charge in [0.05, 0.1) is 17.7 Å². The van der Waals surface area contributed by atoms with E-state index in [0.717, 1.165) is 29.8 Å². The molecule has 232 valence electrons. The maximum absolute atomic E-state index is 13.5. The number of alkyl halides is 6. The predicted molar refractivity (Wildman–Crippen MR) is 151 cm³/mol. The van der Waals surface area contributed by atoms with Crippen molar-refractivity contribution >= 4 is 30.7 Å². The number of likely N-dealkylation sites (N-methyl/N-ethyl adjacent to an activating group) is 1. The standard InChI is InChI=1S/C28H35F6N3O2.2ClH/c1-19-5-6-21(13-20(19)2)14-25-18-36(8-7-35(3)11-12-39-4)9-10-37(25)26(38)22-15-23(27(29,30)31)17-24(16-22)28(32,33)34;;/h5-6,13,15-17,25H,7-12,14,18H2,1-4H3;2*1H/t25-;;/m1../s1. The zero-order valence-electron chi connectivity index (χ0n) is 23.4. The summed E-state index contributed by atoms with van der Waals surface area (Å²) >= 11 is 0. The molecule has 5 nitrogen and oxygen atoms in total. The lowest BCUT2D eigenvalue weighted by Gasteiger charge is -2.42. The number of nitrogens with zero attached hydrogens (tertiary/aromatic N) is 3. The van der Waals surface area contributed by atoms with E-state index in [1.54, 1.807) is 7.11 Å². The zero-order valence-corrected chi connectivity index (χ0v) is 25.1. The highest BCUT2D eigenvalue weighted by Crippen LogP contribution is 2.37. The Morgan fingerprint density at radius 1 is 0.927 bits per heavy atom. The minimum absolute atomic E-state index is 0. The number of ether oxygens (including phenoxy) is 1. The van der Waals surface area contributed by atoms with Crippen LogP contribution in [0.5, 0.6) is 0 Å². The summed E-state index contributed by atoms with van der Waals surface area (Å²) in [5.41, 5.74) is -0.506. The molecule has 0 bridgehead atoms. The Kier molecular flexibility index (Phi) is 13.9. The molecule has 1 amide bonds. The summed E-state index contributed by atoms with van der Waals surface area (Å²) in [6, 6.07) is 6.55. The van der Waals surface area contributed by atoms with Gasteiger partial charge >= 0.3 is 12.4 Å². The highest BCUT2D eigenvalue weighted by atomic mass is 35.5. The lowest BCUT2D eigenvalue weighted by molar-refractivity contribution is -0.143. The molecule has 41 heavy (non-hydrogen) atoms. The van der Waals surface area contributed by atoms with Gasteiger partial charge in [-0.1, -0.05) is 18.2 Å². The van der Waals surface area contributed by atoms with E-state index >= 15 is 0 Å². The number of hydrogen-bond donors (Lipinski definition) is 0. The minimum Gasteiger partial charge on any atom is -0.383 e. The summed E-state index contributed by atoms with van der Waals surface area (Å²) in [6.07, 6.45) is -9.63. The van der Waals surface area contributed by atoms with Gasteiger partial charge in [0.15, 0.2) is 0 Å². The Labute approximate surface area is 249 Å². The molecule has 0 unspecified atom stereocenters. The van der Waals surface area contributed by atoms with Crippen LogP contribution in [-0.4, -0.2) is 86.7 Å². The van der Waals surface area contributed by atoms with Crippen LogP contribution in [0.25, 0.3) is 0 Å². The first-order valence-electron chi connectivity index (χ1n) is 12.8. The molecule has 2 aromatic carbocycles. The first-order valence-corrected chi connectivity index (χ1v) is 12.8. The third kappa shape index (κ3) is 10.3. The van der Waals surface area contributed by atoms with E-state index in [4.69, 9.17) is 4.74 Å². The van der Waals surface area contributed by atoms with Crippen LogP contribution in [0.15, 0.2) is 36.4 Å². The SMILES string of the molecule is COCCN(C)CCN1CCN(C(=O)c2cc(C(F)(F)F)cc(C(F)(F)F)c2)[C@H](Cc2ccc(C)c(C)c2)C1.Cl.Cl. The van der Waals surface area contributed by atoms with Crippen molar-refractivity contribution in [2.75, 3.05) is 60.0 Å². The Balaban J connectivity index is 0.00000420. The van der Waals surface area contributed by atoms with E-state index in [1.165, 1.54) is 4.90 Å². The van der Waals surface area contributed by atoms with E-state index in [-0.39, 0.29) is 37.4 Å². The van der Waals surface area contributed by atoms with E-state index < -0.39 is 41.0 Å². The van der Waals surface area contributed by atoms with Crippen molar-refractivity contribution in [1.29, 1.82) is 0 Å². The van der Waals surface area contributed by atoms with Crippen molar-refractivity contribution in [3.63, 3.8) is 0 Å². The third-order valence-corrected chi connectivity index (χ3v) is 7.18. The van der Waals surface area contributed by atoms with Crippen LogP contribution in [0.2, 0.25) is 0 Å². The van der Waals surface area contributed by atoms with E-state index in [0.29, 0.717) is 44.8 Å². The lowest BCUT2D eigenvalue weighted by atomic mass is 9.97. The molecular weight excluding hydrogens is 595 g/mol. The van der Waals surface area contributed by atoms with Gasteiger partial charge < -0.3 is 14.5 Å². The molecule has 1 aliphatic heterocycles. The minimum atomic E-state index is -5.03. The second-order valence-electron chi connectivity index (χ2n) is 10.2. The van der Waals surface area contributed by atoms with Crippen molar-refractivity contribution in [1.82, 2.24) is 14.7 Å². The number of aryl methyl sites for hydroxylation is 2. The normalized spacial score (nSPS) is 16.4. The van der Waals surface area contributed by atoms with Gasteiger partial charge in [-0.2, -0.15) is 26.3 Å². The summed E-state index contributed by atoms with van der Waals surface area (Å²) < 4.78 is 85.8. The topological polar surface area (TPSA) is 36.0 Å². The summed E-state index contributed by atoms with van der Waals surface area (Å²) in [6.45, 7) is 7.82. The number of halogens is 8. The zero-order chi connectivity index (χ0) is 29.0. The molecule has 1 aliphatic rings. The third-order valence-electron chi connectivity index (χ3n) is 7.18. The number of methoxy groups -OCH3 is 1. The molecule has 0 saturated carbocycles. The molecule has 1 fully saturated rings. The Hall–Kier alpha value is -2.05. The molecule has 3 rings (SSSR count). The van der Waals surface area contributed by atoms with Crippen molar-refractivity contribution in [3.05, 3.63) is 69.8 Å². The second kappa shape index (κ2) is 15.4. The van der Waals surface area contributed by atoms with E-state index in [1.807, 2.05) is 39.1 Å². The molecule has 1 atom stereocenters. The van der Waals surface area contributed by atoms with Crippen LogP contribution < -0.4 is 0 Å². The molecule has 1 heterocycles. The van der Waals surface area contributed by atoms with Gasteiger partial charge in [-0.05, 0) is 62.2 Å². The van der Waals surface area contributed by atoms with Crippen LogP contribution in [-0.2, 0) is 23.5 Å². The largest absolute Gasteiger partial charge is 0.416 e. The smallest absolute Gasteiger partial charge is 0.383 e. The highest BCUT2D eigenvalue weighted by molar-refractivity contribution is 5.95. The number of rotatable bonds is 9. The summed E-state index contributed by atoms with van der Waals surface area (Å²) in [4.78, 5) is 19.2. The number of piperazine rings is 1. The maximum Gasteiger partial charge on any atom is 0.416 e. The fourth-order valence-electron chi connectivity index (χ4n) is 4.68. The molecule has 0 aliphatic carbocycles. The Morgan fingerprint density at radius 3 is 2.07 bits per heavy atom. The van der Waals surface area contributed by atoms with Crippen LogP contribution in [0.1, 0.15) is 38.2 Å². The maximum atomic E-state index is 13.5. The quantitative estimate of drug-likeness (QED) is 0.312. The van der Waals surface area contributed by atoms with Crippen molar-refractivity contribution in [2.45, 2.75) is 38.7 Å². The number of carbonyl (C=O) groups excluding carboxylic acids is 1. The average Bonchev–Trinajstić information content (AvgIpc) is 2.86. The van der Waals surface area contributed by atoms with Gasteiger partial charge in [0, 0.05) is 58.0 Å². The van der Waals surface area contributed by atoms with Crippen molar-refractivity contribution in [2.24, 2.45) is 0 Å². The van der Waals surface area contributed by atoms with Gasteiger partial charge in [-0.15, -0.1) is 24.8 Å². The van der Waals surface area contributed by atoms with Gasteiger partial charge in [0.1, 0.15) is 0 Å². The van der Waals surface area contributed by atoms with Crippen LogP contribution >= 0.6 is 24.8 Å². The van der Waals surface area contributed by atoms with E-state index in [2.05, 4.69) is 9.80 Å². The molecule has 0 aromatic heterocycles. The van der Waals surface area contributed by atoms with Gasteiger partial charge in [0.2, 0.25) is 0 Å². The first-order chi connectivity index (χ1) is 18.2. The van der Waals surface area contributed by atoms with Crippen LogP contribution in [0, 0.1) is 13.8 Å². The lowest BCUT2D eigenvalue weighted by Crippen LogP contribution is -2.56. The van der Waals surface area contributed by atoms with Crippen LogP contribution in [0.4, 0.5) is 26.3 Å². The van der Waals surface area contributed by atoms with Crippen molar-refractivity contribution in [3.8, 4) is 0 Å². The number of carbonyl (C=O) groups is 1. The Bertz CT molecular complexity index is 1110. The molecule has 1 saturated heterocycles. The van der Waals surface area contributed by atoms with Gasteiger partial charge in [-0.25, -0.2) is 0 Å². The summed E-state index contributed by atoms with van der Waals surface area (Å²) in [5.74, 6) is -0.836. The fourth-order valence-corrected chi connectivity index (χ4v) is 4.68. The molecule has 0 N–H and O–H groups in total. The van der Waals surface area contributed by atoms with E-state index in [9.17, 15) is 31.1 Å². The first kappa shape index (κ1) is 37.0. The van der Waals surface area contributed by atoms with Gasteiger partial charge in [-0.3, -0.25) is 9.69 Å². The summed E-state index contributed by atoms with van der Waals surface area (Å²) in [5, 5.41) is 0. The molecule has 2 aromatic rings. The number of hydrogen-bond acceptors (Lipinski definition) is 4. The fraction of sp³-hybridized carbons (Fsp3) is 0.536. The predicted octanol–water partition coefficient (Wildman–Crippen LogP) is 6.13. The Morgan fingerprint density at radius 2 is 1.54 bits per heavy atom. The molecule has 13 heteroatoms. The van der Waals surface area contributed by atoms with Crippen LogP contribution in [0.3, 0.4) is 0 Å². The monoisotopic (exact) mass is 631 g/mol. The van der Waals surface area contributed by atoms with Crippen molar-refractivity contribution < 1.29 is 35.9 Å². The summed E-state index contributed by atoms with van der Waals surface area (Å²) in [7, 11) is 3.60. The molecular formula is C28H37Cl2F6N3O2. The highest BCUT2D eigenvalue weighted by Gasteiger charge is 2.39. The van der Waals surface area contributed by atoms with Gasteiger partial charge in [0.25, 0.3) is 5.91 Å². The number of amides is 1. The molecule has 0 spiro atoms. The second-order valence-corrected chi connectivity index (χ2v) is 10.2. The molecule has 0 radical (unpaired) electrons. The number of benzene rings is 2.